The Morgan fingerprint density at radius 2 is 1.50 bits per heavy atom. The molecule has 6 N–H and O–H groups in total. The summed E-state index contributed by atoms with van der Waals surface area (Å²) in [6.45, 7) is 9.05. The summed E-state index contributed by atoms with van der Waals surface area (Å²) in [7, 11) is 0. The van der Waals surface area contributed by atoms with Crippen molar-refractivity contribution in [3.8, 4) is 0 Å². The molecule has 0 aromatic carbocycles. The molecule has 0 saturated heterocycles. The number of amides is 3. The number of nitrogens with one attached hydrogen (secondary N) is 3. The molecule has 0 rings (SSSR count). The van der Waals surface area contributed by atoms with Gasteiger partial charge in [-0.25, -0.2) is 4.79 Å². The standard InChI is InChI=1S/C20H38N4O5S/c1-7-12(4)16(24-17(25)13(5)21)19(27)23-15(10-11(2)3)18(26)22-14(20(28)29)8-9-30-6/h11-16H,7-10,21H2,1-6H3,(H,22,26)(H,23,27)(H,24,25)(H,28,29). The molecule has 0 radical (unpaired) electrons. The lowest BCUT2D eigenvalue weighted by atomic mass is 9.96. The third-order valence-electron chi connectivity index (χ3n) is 4.77. The van der Waals surface area contributed by atoms with Gasteiger partial charge < -0.3 is 26.8 Å². The van der Waals surface area contributed by atoms with Gasteiger partial charge in [0.05, 0.1) is 6.04 Å². The maximum atomic E-state index is 12.9. The number of carbonyl (C=O) groups excluding carboxylic acids is 3. The molecule has 0 aromatic rings. The zero-order valence-corrected chi connectivity index (χ0v) is 19.7. The van der Waals surface area contributed by atoms with Crippen LogP contribution in [0.5, 0.6) is 0 Å². The Bertz CT molecular complexity index is 586. The van der Waals surface area contributed by atoms with Crippen molar-refractivity contribution in [3.63, 3.8) is 0 Å². The van der Waals surface area contributed by atoms with Crippen molar-refractivity contribution in [2.45, 2.75) is 78.0 Å². The Morgan fingerprint density at radius 3 is 1.93 bits per heavy atom. The molecule has 0 saturated carbocycles. The fourth-order valence-corrected chi connectivity index (χ4v) is 3.19. The highest BCUT2D eigenvalue weighted by molar-refractivity contribution is 7.98. The van der Waals surface area contributed by atoms with E-state index in [9.17, 15) is 24.3 Å². The van der Waals surface area contributed by atoms with Crippen molar-refractivity contribution in [1.29, 1.82) is 0 Å². The Hall–Kier alpha value is -1.81. The Labute approximate surface area is 183 Å². The van der Waals surface area contributed by atoms with E-state index in [0.717, 1.165) is 0 Å². The van der Waals surface area contributed by atoms with Gasteiger partial charge in [0.15, 0.2) is 0 Å². The molecule has 0 aromatic heterocycles. The van der Waals surface area contributed by atoms with Crippen LogP contribution in [0.15, 0.2) is 0 Å². The average molecular weight is 447 g/mol. The fourth-order valence-electron chi connectivity index (χ4n) is 2.72. The number of thioether (sulfide) groups is 1. The molecule has 9 nitrogen and oxygen atoms in total. The Kier molecular flexibility index (Phi) is 13.4. The van der Waals surface area contributed by atoms with Gasteiger partial charge in [0.2, 0.25) is 17.7 Å². The minimum atomic E-state index is -1.12. The number of aliphatic carboxylic acids is 1. The number of carboxylic acid groups (broad SMARTS) is 1. The van der Waals surface area contributed by atoms with Crippen molar-refractivity contribution in [3.05, 3.63) is 0 Å². The van der Waals surface area contributed by atoms with Crippen LogP contribution in [-0.4, -0.2) is 65.0 Å². The topological polar surface area (TPSA) is 151 Å². The van der Waals surface area contributed by atoms with Crippen LogP contribution in [0.3, 0.4) is 0 Å². The SMILES string of the molecule is CCC(C)C(NC(=O)C(C)N)C(=O)NC(CC(C)C)C(=O)NC(CCSC)C(=O)O. The molecule has 0 spiro atoms. The van der Waals surface area contributed by atoms with Crippen molar-refractivity contribution in [1.82, 2.24) is 16.0 Å². The summed E-state index contributed by atoms with van der Waals surface area (Å²) >= 11 is 1.49. The lowest BCUT2D eigenvalue weighted by Gasteiger charge is -2.28. The largest absolute Gasteiger partial charge is 0.480 e. The summed E-state index contributed by atoms with van der Waals surface area (Å²) in [6.07, 6.45) is 3.10. The molecular weight excluding hydrogens is 408 g/mol. The third kappa shape index (κ3) is 10.3. The maximum absolute atomic E-state index is 12.9. The van der Waals surface area contributed by atoms with E-state index in [2.05, 4.69) is 16.0 Å². The summed E-state index contributed by atoms with van der Waals surface area (Å²) in [5.74, 6) is -2.13. The first-order valence-corrected chi connectivity index (χ1v) is 11.7. The quantitative estimate of drug-likeness (QED) is 0.264. The summed E-state index contributed by atoms with van der Waals surface area (Å²) in [4.78, 5) is 49.2. The molecule has 0 heterocycles. The van der Waals surface area contributed by atoms with Crippen LogP contribution in [0.25, 0.3) is 0 Å². The highest BCUT2D eigenvalue weighted by Crippen LogP contribution is 2.11. The monoisotopic (exact) mass is 446 g/mol. The van der Waals surface area contributed by atoms with E-state index in [1.54, 1.807) is 0 Å². The predicted octanol–water partition coefficient (Wildman–Crippen LogP) is 0.718. The molecule has 3 amide bonds. The molecule has 0 bridgehead atoms. The molecule has 10 heteroatoms. The van der Waals surface area contributed by atoms with Gasteiger partial charge in [-0.3, -0.25) is 14.4 Å². The highest BCUT2D eigenvalue weighted by Gasteiger charge is 2.32. The van der Waals surface area contributed by atoms with Crippen LogP contribution >= 0.6 is 11.8 Å². The van der Waals surface area contributed by atoms with E-state index in [0.29, 0.717) is 18.6 Å². The fraction of sp³-hybridized carbons (Fsp3) is 0.800. The van der Waals surface area contributed by atoms with Crippen LogP contribution in [0.1, 0.15) is 53.9 Å². The van der Waals surface area contributed by atoms with Crippen LogP contribution in [0.4, 0.5) is 0 Å². The molecular formula is C20H38N4O5S. The highest BCUT2D eigenvalue weighted by atomic mass is 32.2. The number of carbonyl (C=O) groups is 4. The van der Waals surface area contributed by atoms with Crippen molar-refractivity contribution < 1.29 is 24.3 Å². The maximum Gasteiger partial charge on any atom is 0.326 e. The summed E-state index contributed by atoms with van der Waals surface area (Å²) in [5, 5.41) is 17.2. The van der Waals surface area contributed by atoms with E-state index >= 15 is 0 Å². The first-order valence-electron chi connectivity index (χ1n) is 10.3. The first kappa shape index (κ1) is 28.2. The predicted molar refractivity (Wildman–Crippen MR) is 119 cm³/mol. The minimum absolute atomic E-state index is 0.0798. The second-order valence-electron chi connectivity index (χ2n) is 8.03. The van der Waals surface area contributed by atoms with Crippen molar-refractivity contribution in [2.24, 2.45) is 17.6 Å². The minimum Gasteiger partial charge on any atom is -0.480 e. The van der Waals surface area contributed by atoms with Crippen molar-refractivity contribution in [2.75, 3.05) is 12.0 Å². The second kappa shape index (κ2) is 14.2. The zero-order valence-electron chi connectivity index (χ0n) is 18.9. The van der Waals surface area contributed by atoms with Gasteiger partial charge in [0.1, 0.15) is 18.1 Å². The molecule has 5 unspecified atom stereocenters. The van der Waals surface area contributed by atoms with Gasteiger partial charge in [-0.2, -0.15) is 11.8 Å². The number of nitrogens with two attached hydrogens (primary N) is 1. The molecule has 30 heavy (non-hydrogen) atoms. The van der Waals surface area contributed by atoms with Gasteiger partial charge in [-0.15, -0.1) is 0 Å². The van der Waals surface area contributed by atoms with E-state index in [1.807, 2.05) is 34.0 Å². The van der Waals surface area contributed by atoms with Gasteiger partial charge >= 0.3 is 5.97 Å². The van der Waals surface area contributed by atoms with Crippen LogP contribution < -0.4 is 21.7 Å². The smallest absolute Gasteiger partial charge is 0.326 e. The van der Waals surface area contributed by atoms with Crippen LogP contribution in [0.2, 0.25) is 0 Å². The number of hydrogen-bond acceptors (Lipinski definition) is 6. The van der Waals surface area contributed by atoms with Crippen LogP contribution in [0, 0.1) is 11.8 Å². The van der Waals surface area contributed by atoms with E-state index in [4.69, 9.17) is 5.73 Å². The number of carboxylic acids is 1. The van der Waals surface area contributed by atoms with Crippen LogP contribution in [-0.2, 0) is 19.2 Å². The first-order chi connectivity index (χ1) is 13.9. The molecule has 0 aliphatic heterocycles. The zero-order chi connectivity index (χ0) is 23.4. The Balaban J connectivity index is 5.43. The second-order valence-corrected chi connectivity index (χ2v) is 9.02. The van der Waals surface area contributed by atoms with Gasteiger partial charge in [-0.05, 0) is 43.6 Å². The Morgan fingerprint density at radius 1 is 0.933 bits per heavy atom. The molecule has 0 aliphatic rings. The summed E-state index contributed by atoms with van der Waals surface area (Å²) in [6, 6.07) is -3.55. The van der Waals surface area contributed by atoms with E-state index in [1.165, 1.54) is 18.7 Å². The lowest BCUT2D eigenvalue weighted by Crippen LogP contribution is -2.58. The number of hydrogen-bond donors (Lipinski definition) is 5. The third-order valence-corrected chi connectivity index (χ3v) is 5.42. The van der Waals surface area contributed by atoms with Crippen molar-refractivity contribution >= 4 is 35.5 Å². The molecule has 5 atom stereocenters. The van der Waals surface area contributed by atoms with E-state index in [-0.39, 0.29) is 18.3 Å². The average Bonchev–Trinajstić information content (AvgIpc) is 2.66. The molecule has 0 aliphatic carbocycles. The van der Waals surface area contributed by atoms with Gasteiger partial charge in [-0.1, -0.05) is 34.1 Å². The van der Waals surface area contributed by atoms with Gasteiger partial charge in [0.25, 0.3) is 0 Å². The normalized spacial score (nSPS) is 16.1. The lowest BCUT2D eigenvalue weighted by molar-refractivity contribution is -0.142. The summed E-state index contributed by atoms with van der Waals surface area (Å²) in [5.41, 5.74) is 5.60. The number of rotatable bonds is 14. The van der Waals surface area contributed by atoms with E-state index < -0.39 is 47.9 Å². The molecule has 0 fully saturated rings. The summed E-state index contributed by atoms with van der Waals surface area (Å²) < 4.78 is 0. The van der Waals surface area contributed by atoms with Gasteiger partial charge in [0, 0.05) is 0 Å². The molecule has 174 valence electrons.